The minimum absolute atomic E-state index is 0.0106. The van der Waals surface area contributed by atoms with Crippen molar-refractivity contribution < 1.29 is 23.1 Å². The molecule has 29 heavy (non-hydrogen) atoms. The van der Waals surface area contributed by atoms with Crippen LogP contribution in [0, 0.1) is 0 Å². The van der Waals surface area contributed by atoms with E-state index in [0.29, 0.717) is 23.6 Å². The van der Waals surface area contributed by atoms with Gasteiger partial charge in [0.2, 0.25) is 15.9 Å². The molecule has 0 saturated heterocycles. The molecule has 0 saturated carbocycles. The summed E-state index contributed by atoms with van der Waals surface area (Å²) in [6, 6.07) is 16.9. The summed E-state index contributed by atoms with van der Waals surface area (Å²) in [5, 5.41) is 9.74. The minimum atomic E-state index is -4.01. The van der Waals surface area contributed by atoms with Gasteiger partial charge in [-0.2, -0.15) is 4.31 Å². The Kier molecular flexibility index (Phi) is 5.04. The van der Waals surface area contributed by atoms with Gasteiger partial charge in [0, 0.05) is 18.8 Å². The molecule has 0 unspecified atom stereocenters. The monoisotopic (exact) mass is 410 g/mol. The summed E-state index contributed by atoms with van der Waals surface area (Å²) < 4.78 is 33.0. The lowest BCUT2D eigenvalue weighted by Crippen LogP contribution is -2.43. The zero-order valence-corrected chi connectivity index (χ0v) is 16.1. The standard InChI is InChI=1S/C21H18N2O5S/c24-21(25)20-18-6-2-1-5-15(18)12-14-23(20)29(26,27)17-10-8-16(9-11-17)28-19-7-3-4-13-22-19/h1-11,13,20H,12,14H2,(H,24,25)/t20-/m1/s1. The van der Waals surface area contributed by atoms with Crippen molar-refractivity contribution in [3.63, 3.8) is 0 Å². The zero-order chi connectivity index (χ0) is 20.4. The molecule has 7 nitrogen and oxygen atoms in total. The summed E-state index contributed by atoms with van der Waals surface area (Å²) in [6.45, 7) is 0.0997. The second-order valence-electron chi connectivity index (χ2n) is 6.55. The topological polar surface area (TPSA) is 96.8 Å². The van der Waals surface area contributed by atoms with E-state index in [1.165, 1.54) is 24.3 Å². The number of carboxylic acid groups (broad SMARTS) is 1. The van der Waals surface area contributed by atoms with Gasteiger partial charge in [0.05, 0.1) is 4.90 Å². The lowest BCUT2D eigenvalue weighted by Gasteiger charge is -2.33. The van der Waals surface area contributed by atoms with Crippen LogP contribution >= 0.6 is 0 Å². The number of sulfonamides is 1. The Morgan fingerprint density at radius 1 is 1.03 bits per heavy atom. The molecule has 0 aliphatic carbocycles. The Balaban J connectivity index is 1.63. The lowest BCUT2D eigenvalue weighted by atomic mass is 9.94. The van der Waals surface area contributed by atoms with Crippen molar-refractivity contribution in [2.75, 3.05) is 6.54 Å². The highest BCUT2D eigenvalue weighted by Gasteiger charge is 2.40. The summed E-state index contributed by atoms with van der Waals surface area (Å²) in [6.07, 6.45) is 2.05. The Hall–Kier alpha value is -3.23. The van der Waals surface area contributed by atoms with E-state index in [1.807, 2.05) is 12.1 Å². The van der Waals surface area contributed by atoms with Crippen LogP contribution in [0.25, 0.3) is 0 Å². The molecule has 1 aromatic heterocycles. The van der Waals surface area contributed by atoms with E-state index >= 15 is 0 Å². The van der Waals surface area contributed by atoms with Gasteiger partial charge in [-0.25, -0.2) is 13.4 Å². The second kappa shape index (κ2) is 7.65. The number of carboxylic acids is 1. The minimum Gasteiger partial charge on any atom is -0.480 e. The largest absolute Gasteiger partial charge is 0.480 e. The molecule has 2 heterocycles. The van der Waals surface area contributed by atoms with Gasteiger partial charge in [-0.3, -0.25) is 4.79 Å². The summed E-state index contributed by atoms with van der Waals surface area (Å²) in [5.41, 5.74) is 1.36. The molecule has 1 aliphatic rings. The van der Waals surface area contributed by atoms with Crippen LogP contribution in [0.2, 0.25) is 0 Å². The number of carbonyl (C=O) groups is 1. The number of nitrogens with zero attached hydrogens (tertiary/aromatic N) is 2. The normalized spacial score (nSPS) is 16.8. The van der Waals surface area contributed by atoms with Crippen molar-refractivity contribution in [1.82, 2.24) is 9.29 Å². The molecular formula is C21H18N2O5S. The van der Waals surface area contributed by atoms with E-state index in [-0.39, 0.29) is 11.4 Å². The third-order valence-corrected chi connectivity index (χ3v) is 6.64. The zero-order valence-electron chi connectivity index (χ0n) is 15.3. The van der Waals surface area contributed by atoms with Gasteiger partial charge in [0.1, 0.15) is 11.8 Å². The van der Waals surface area contributed by atoms with Gasteiger partial charge in [0.15, 0.2) is 0 Å². The molecule has 1 atom stereocenters. The van der Waals surface area contributed by atoms with Gasteiger partial charge < -0.3 is 9.84 Å². The highest BCUT2D eigenvalue weighted by molar-refractivity contribution is 7.89. The van der Waals surface area contributed by atoms with Crippen LogP contribution in [0.15, 0.2) is 77.8 Å². The van der Waals surface area contributed by atoms with Crippen LogP contribution in [-0.4, -0.2) is 35.3 Å². The number of fused-ring (bicyclic) bond motifs is 1. The SMILES string of the molecule is O=C(O)[C@H]1c2ccccc2CCN1S(=O)(=O)c1ccc(Oc2ccccn2)cc1. The first-order chi connectivity index (χ1) is 14.0. The molecule has 148 valence electrons. The van der Waals surface area contributed by atoms with Crippen LogP contribution in [0.1, 0.15) is 17.2 Å². The highest BCUT2D eigenvalue weighted by Crippen LogP contribution is 2.34. The van der Waals surface area contributed by atoms with Crippen molar-refractivity contribution in [2.24, 2.45) is 0 Å². The quantitative estimate of drug-likeness (QED) is 0.694. The molecule has 4 rings (SSSR count). The van der Waals surface area contributed by atoms with Gasteiger partial charge >= 0.3 is 5.97 Å². The fourth-order valence-electron chi connectivity index (χ4n) is 3.40. The predicted octanol–water partition coefficient (Wildman–Crippen LogP) is 3.25. The summed E-state index contributed by atoms with van der Waals surface area (Å²) >= 11 is 0. The summed E-state index contributed by atoms with van der Waals surface area (Å²) in [4.78, 5) is 16.0. The van der Waals surface area contributed by atoms with E-state index < -0.39 is 22.0 Å². The van der Waals surface area contributed by atoms with E-state index in [4.69, 9.17) is 4.74 Å². The van der Waals surface area contributed by atoms with E-state index in [2.05, 4.69) is 4.98 Å². The average Bonchev–Trinajstić information content (AvgIpc) is 2.74. The molecule has 0 radical (unpaired) electrons. The Bertz CT molecular complexity index is 1130. The van der Waals surface area contributed by atoms with Gasteiger partial charge in [-0.05, 0) is 47.9 Å². The van der Waals surface area contributed by atoms with E-state index in [0.717, 1.165) is 9.87 Å². The number of hydrogen-bond donors (Lipinski definition) is 1. The predicted molar refractivity (Wildman–Crippen MR) is 105 cm³/mol. The van der Waals surface area contributed by atoms with E-state index in [9.17, 15) is 18.3 Å². The molecule has 0 spiro atoms. The first kappa shape index (κ1) is 19.1. The fraction of sp³-hybridized carbons (Fsp3) is 0.143. The van der Waals surface area contributed by atoms with Crippen LogP contribution in [0.5, 0.6) is 11.6 Å². The van der Waals surface area contributed by atoms with Crippen molar-refractivity contribution in [3.8, 4) is 11.6 Å². The van der Waals surface area contributed by atoms with Crippen molar-refractivity contribution in [3.05, 3.63) is 84.1 Å². The van der Waals surface area contributed by atoms with Crippen molar-refractivity contribution >= 4 is 16.0 Å². The Labute approximate surface area is 168 Å². The Morgan fingerprint density at radius 3 is 2.45 bits per heavy atom. The maximum Gasteiger partial charge on any atom is 0.326 e. The van der Waals surface area contributed by atoms with Gasteiger partial charge in [0.25, 0.3) is 0 Å². The number of hydrogen-bond acceptors (Lipinski definition) is 5. The number of benzene rings is 2. The average molecular weight is 410 g/mol. The van der Waals surface area contributed by atoms with Crippen molar-refractivity contribution in [2.45, 2.75) is 17.4 Å². The number of ether oxygens (including phenoxy) is 1. The second-order valence-corrected chi connectivity index (χ2v) is 8.44. The van der Waals surface area contributed by atoms with Crippen LogP contribution < -0.4 is 4.74 Å². The van der Waals surface area contributed by atoms with Crippen LogP contribution in [-0.2, 0) is 21.2 Å². The lowest BCUT2D eigenvalue weighted by molar-refractivity contribution is -0.142. The molecular weight excluding hydrogens is 392 g/mol. The van der Waals surface area contributed by atoms with Gasteiger partial charge in [-0.1, -0.05) is 30.3 Å². The summed E-state index contributed by atoms with van der Waals surface area (Å²) in [7, 11) is -4.01. The van der Waals surface area contributed by atoms with Crippen molar-refractivity contribution in [1.29, 1.82) is 0 Å². The number of rotatable bonds is 5. The van der Waals surface area contributed by atoms with Crippen LogP contribution in [0.4, 0.5) is 0 Å². The molecule has 1 aliphatic heterocycles. The molecule has 3 aromatic rings. The smallest absolute Gasteiger partial charge is 0.326 e. The first-order valence-electron chi connectivity index (χ1n) is 8.98. The highest BCUT2D eigenvalue weighted by atomic mass is 32.2. The molecule has 2 aromatic carbocycles. The Morgan fingerprint density at radius 2 is 1.76 bits per heavy atom. The van der Waals surface area contributed by atoms with Crippen LogP contribution in [0.3, 0.4) is 0 Å². The first-order valence-corrected chi connectivity index (χ1v) is 10.4. The maximum atomic E-state index is 13.2. The third kappa shape index (κ3) is 3.72. The van der Waals surface area contributed by atoms with Gasteiger partial charge in [-0.15, -0.1) is 0 Å². The fourth-order valence-corrected chi connectivity index (χ4v) is 4.97. The molecule has 0 amide bonds. The molecule has 8 heteroatoms. The summed E-state index contributed by atoms with van der Waals surface area (Å²) in [5.74, 6) is -0.376. The molecule has 0 bridgehead atoms. The number of pyridine rings is 1. The number of aliphatic carboxylic acids is 1. The molecule has 1 N–H and O–H groups in total. The van der Waals surface area contributed by atoms with E-state index in [1.54, 1.807) is 36.5 Å². The number of aromatic nitrogens is 1. The molecule has 0 fully saturated rings. The maximum absolute atomic E-state index is 13.2. The third-order valence-electron chi connectivity index (χ3n) is 4.76.